The van der Waals surface area contributed by atoms with Gasteiger partial charge in [-0.25, -0.2) is 0 Å². The van der Waals surface area contributed by atoms with Gasteiger partial charge >= 0.3 is 0 Å². The fourth-order valence-electron chi connectivity index (χ4n) is 3.42. The Morgan fingerprint density at radius 2 is 1.47 bits per heavy atom. The predicted octanol–water partition coefficient (Wildman–Crippen LogP) is 4.27. The molecular weight excluding hydrogens is 396 g/mol. The third-order valence-corrected chi connectivity index (χ3v) is 5.19. The van der Waals surface area contributed by atoms with Crippen LogP contribution in [-0.4, -0.2) is 29.8 Å². The molecule has 0 aliphatic rings. The van der Waals surface area contributed by atoms with Crippen molar-refractivity contribution in [3.8, 4) is 0 Å². The first-order valence-corrected chi connectivity index (χ1v) is 10.3. The van der Waals surface area contributed by atoms with E-state index in [0.29, 0.717) is 18.0 Å². The van der Waals surface area contributed by atoms with Gasteiger partial charge in [0.25, 0.3) is 0 Å². The minimum absolute atomic E-state index is 0.106. The molecule has 154 valence electrons. The molecule has 0 aromatic heterocycles. The van der Waals surface area contributed by atoms with Gasteiger partial charge in [-0.3, -0.25) is 9.59 Å². The van der Waals surface area contributed by atoms with Crippen LogP contribution >= 0.6 is 11.6 Å². The summed E-state index contributed by atoms with van der Waals surface area (Å²) in [7, 11) is 1.60. The maximum absolute atomic E-state index is 13.4. The smallest absolute Gasteiger partial charge is 0.242 e. The van der Waals surface area contributed by atoms with Crippen LogP contribution in [0.4, 0.5) is 0 Å². The molecule has 3 aromatic carbocycles. The fourth-order valence-corrected chi connectivity index (χ4v) is 3.64. The highest BCUT2D eigenvalue weighted by molar-refractivity contribution is 6.30. The molecule has 0 aliphatic heterocycles. The Balaban J connectivity index is 1.93. The van der Waals surface area contributed by atoms with Gasteiger partial charge in [-0.05, 0) is 28.8 Å². The van der Waals surface area contributed by atoms with Crippen molar-refractivity contribution in [2.24, 2.45) is 0 Å². The molecule has 2 amide bonds. The Kier molecular flexibility index (Phi) is 7.63. The SMILES string of the molecule is CNC(=O)[C@@H](Cc1ccccc1)N(Cc1cccc(Cl)c1)C(=O)Cc1ccccc1. The Labute approximate surface area is 182 Å². The second-order valence-corrected chi connectivity index (χ2v) is 7.57. The zero-order chi connectivity index (χ0) is 21.3. The molecule has 1 N–H and O–H groups in total. The Bertz CT molecular complexity index is 977. The lowest BCUT2D eigenvalue weighted by Gasteiger charge is -2.31. The number of benzene rings is 3. The van der Waals surface area contributed by atoms with Gasteiger partial charge in [0.2, 0.25) is 11.8 Å². The molecule has 0 heterocycles. The van der Waals surface area contributed by atoms with E-state index in [2.05, 4.69) is 5.32 Å². The van der Waals surface area contributed by atoms with Gasteiger partial charge in [0, 0.05) is 25.0 Å². The van der Waals surface area contributed by atoms with Crippen molar-refractivity contribution in [2.75, 3.05) is 7.05 Å². The summed E-state index contributed by atoms with van der Waals surface area (Å²) < 4.78 is 0. The number of likely N-dealkylation sites (N-methyl/N-ethyl adjacent to an activating group) is 1. The number of hydrogen-bond donors (Lipinski definition) is 1. The zero-order valence-corrected chi connectivity index (χ0v) is 17.7. The molecule has 0 unspecified atom stereocenters. The lowest BCUT2D eigenvalue weighted by molar-refractivity contribution is -0.140. The molecule has 0 radical (unpaired) electrons. The van der Waals surface area contributed by atoms with E-state index in [9.17, 15) is 9.59 Å². The largest absolute Gasteiger partial charge is 0.357 e. The molecule has 0 aliphatic carbocycles. The second-order valence-electron chi connectivity index (χ2n) is 7.13. The van der Waals surface area contributed by atoms with E-state index in [-0.39, 0.29) is 18.2 Å². The summed E-state index contributed by atoms with van der Waals surface area (Å²) in [6.07, 6.45) is 0.658. The van der Waals surface area contributed by atoms with E-state index < -0.39 is 6.04 Å². The van der Waals surface area contributed by atoms with Crippen molar-refractivity contribution in [1.82, 2.24) is 10.2 Å². The van der Waals surface area contributed by atoms with Gasteiger partial charge in [0.15, 0.2) is 0 Å². The molecule has 5 heteroatoms. The van der Waals surface area contributed by atoms with Gasteiger partial charge < -0.3 is 10.2 Å². The van der Waals surface area contributed by atoms with Crippen LogP contribution in [0.5, 0.6) is 0 Å². The van der Waals surface area contributed by atoms with Crippen LogP contribution in [0.3, 0.4) is 0 Å². The van der Waals surface area contributed by atoms with Crippen LogP contribution in [0.1, 0.15) is 16.7 Å². The van der Waals surface area contributed by atoms with Crippen molar-refractivity contribution < 1.29 is 9.59 Å². The number of nitrogens with zero attached hydrogens (tertiary/aromatic N) is 1. The van der Waals surface area contributed by atoms with Gasteiger partial charge in [-0.2, -0.15) is 0 Å². The topological polar surface area (TPSA) is 49.4 Å². The van der Waals surface area contributed by atoms with Gasteiger partial charge in [-0.1, -0.05) is 84.4 Å². The number of halogens is 1. The highest BCUT2D eigenvalue weighted by Crippen LogP contribution is 2.18. The first-order valence-electron chi connectivity index (χ1n) is 9.90. The lowest BCUT2D eigenvalue weighted by atomic mass is 10.0. The van der Waals surface area contributed by atoms with E-state index in [1.807, 2.05) is 78.9 Å². The summed E-state index contributed by atoms with van der Waals surface area (Å²) in [6, 6.07) is 26.1. The maximum Gasteiger partial charge on any atom is 0.242 e. The Morgan fingerprint density at radius 3 is 2.07 bits per heavy atom. The number of carbonyl (C=O) groups is 2. The lowest BCUT2D eigenvalue weighted by Crippen LogP contribution is -2.50. The van der Waals surface area contributed by atoms with Gasteiger partial charge in [0.1, 0.15) is 6.04 Å². The van der Waals surface area contributed by atoms with E-state index in [0.717, 1.165) is 16.7 Å². The van der Waals surface area contributed by atoms with Gasteiger partial charge in [-0.15, -0.1) is 0 Å². The molecule has 0 bridgehead atoms. The van der Waals surface area contributed by atoms with E-state index in [4.69, 9.17) is 11.6 Å². The summed E-state index contributed by atoms with van der Waals surface area (Å²) in [5.74, 6) is -0.298. The summed E-state index contributed by atoms with van der Waals surface area (Å²) in [5.41, 5.74) is 2.79. The average molecular weight is 421 g/mol. The molecule has 3 rings (SSSR count). The number of hydrogen-bond acceptors (Lipinski definition) is 2. The molecule has 0 saturated carbocycles. The first-order chi connectivity index (χ1) is 14.6. The number of nitrogens with one attached hydrogen (secondary N) is 1. The number of amides is 2. The quantitative estimate of drug-likeness (QED) is 0.591. The summed E-state index contributed by atoms with van der Waals surface area (Å²) in [6.45, 7) is 0.303. The van der Waals surface area contributed by atoms with Crippen molar-refractivity contribution in [2.45, 2.75) is 25.4 Å². The molecular formula is C25H25ClN2O2. The molecule has 4 nitrogen and oxygen atoms in total. The summed E-state index contributed by atoms with van der Waals surface area (Å²) in [5, 5.41) is 3.32. The third kappa shape index (κ3) is 5.94. The van der Waals surface area contributed by atoms with Crippen LogP contribution in [0.15, 0.2) is 84.9 Å². The van der Waals surface area contributed by atoms with Crippen LogP contribution in [-0.2, 0) is 29.0 Å². The van der Waals surface area contributed by atoms with E-state index in [1.165, 1.54) is 0 Å². The van der Waals surface area contributed by atoms with Crippen LogP contribution in [0, 0.1) is 0 Å². The fraction of sp³-hybridized carbons (Fsp3) is 0.200. The van der Waals surface area contributed by atoms with Crippen molar-refractivity contribution in [1.29, 1.82) is 0 Å². The third-order valence-electron chi connectivity index (χ3n) is 4.96. The Hall–Kier alpha value is -3.11. The van der Waals surface area contributed by atoms with Gasteiger partial charge in [0.05, 0.1) is 6.42 Å². The zero-order valence-electron chi connectivity index (χ0n) is 16.9. The van der Waals surface area contributed by atoms with Crippen molar-refractivity contribution in [3.63, 3.8) is 0 Å². The first kappa shape index (κ1) is 21.6. The van der Waals surface area contributed by atoms with Crippen molar-refractivity contribution >= 4 is 23.4 Å². The molecule has 30 heavy (non-hydrogen) atoms. The second kappa shape index (κ2) is 10.6. The number of carbonyl (C=O) groups excluding carboxylic acids is 2. The van der Waals surface area contributed by atoms with Crippen molar-refractivity contribution in [3.05, 3.63) is 107 Å². The molecule has 0 fully saturated rings. The molecule has 0 saturated heterocycles. The van der Waals surface area contributed by atoms with Crippen LogP contribution in [0.2, 0.25) is 5.02 Å². The minimum Gasteiger partial charge on any atom is -0.357 e. The highest BCUT2D eigenvalue weighted by Gasteiger charge is 2.29. The summed E-state index contributed by atoms with van der Waals surface area (Å²) in [4.78, 5) is 27.9. The minimum atomic E-state index is -0.632. The number of rotatable bonds is 8. The summed E-state index contributed by atoms with van der Waals surface area (Å²) >= 11 is 6.15. The standard InChI is InChI=1S/C25H25ClN2O2/c1-27-25(30)23(16-19-9-4-2-5-10-19)28(18-21-13-8-14-22(26)15-21)24(29)17-20-11-6-3-7-12-20/h2-15,23H,16-18H2,1H3,(H,27,30)/t23-/m1/s1. The maximum atomic E-state index is 13.4. The normalized spacial score (nSPS) is 11.5. The van der Waals surface area contributed by atoms with E-state index in [1.54, 1.807) is 18.0 Å². The van der Waals surface area contributed by atoms with Crippen LogP contribution < -0.4 is 5.32 Å². The molecule has 0 spiro atoms. The predicted molar refractivity (Wildman–Crippen MR) is 120 cm³/mol. The molecule has 1 atom stereocenters. The molecule has 3 aromatic rings. The Morgan fingerprint density at radius 1 is 0.867 bits per heavy atom. The van der Waals surface area contributed by atoms with Crippen LogP contribution in [0.25, 0.3) is 0 Å². The monoisotopic (exact) mass is 420 g/mol. The average Bonchev–Trinajstić information content (AvgIpc) is 2.77. The highest BCUT2D eigenvalue weighted by atomic mass is 35.5. The van der Waals surface area contributed by atoms with E-state index >= 15 is 0 Å².